The summed E-state index contributed by atoms with van der Waals surface area (Å²) in [5, 5.41) is 7.89. The van der Waals surface area contributed by atoms with E-state index in [2.05, 4.69) is 4.74 Å². The standard InChI is InChI=1S/C4H6O4.ClH/c1-3(5)8-2-4(6)7;/h2H2,1H3,(H,6,7);1H. The van der Waals surface area contributed by atoms with Crippen LogP contribution >= 0.6 is 12.4 Å². The summed E-state index contributed by atoms with van der Waals surface area (Å²) in [5.74, 6) is -1.72. The Balaban J connectivity index is 0. The monoisotopic (exact) mass is 154 g/mol. The molecule has 0 aromatic heterocycles. The Kier molecular flexibility index (Phi) is 6.61. The predicted octanol–water partition coefficient (Wildman–Crippen LogP) is 0.0559. The van der Waals surface area contributed by atoms with Gasteiger partial charge in [-0.3, -0.25) is 4.79 Å². The van der Waals surface area contributed by atoms with Crippen LogP contribution in [0.25, 0.3) is 0 Å². The summed E-state index contributed by atoms with van der Waals surface area (Å²) in [4.78, 5) is 19.5. The molecule has 4 nitrogen and oxygen atoms in total. The number of carbonyl (C=O) groups is 2. The lowest BCUT2D eigenvalue weighted by atomic mass is 10.7. The van der Waals surface area contributed by atoms with Crippen molar-refractivity contribution in [3.8, 4) is 0 Å². The van der Waals surface area contributed by atoms with E-state index in [-0.39, 0.29) is 12.4 Å². The minimum Gasteiger partial charge on any atom is -0.479 e. The van der Waals surface area contributed by atoms with Gasteiger partial charge >= 0.3 is 11.9 Å². The van der Waals surface area contributed by atoms with Gasteiger partial charge in [0.15, 0.2) is 6.61 Å². The first-order valence-corrected chi connectivity index (χ1v) is 1.98. The fraction of sp³-hybridized carbons (Fsp3) is 0.500. The van der Waals surface area contributed by atoms with Gasteiger partial charge < -0.3 is 9.84 Å². The van der Waals surface area contributed by atoms with Crippen molar-refractivity contribution in [2.75, 3.05) is 6.61 Å². The van der Waals surface area contributed by atoms with Gasteiger partial charge in [0.25, 0.3) is 0 Å². The molecular weight excluding hydrogens is 147 g/mol. The van der Waals surface area contributed by atoms with Gasteiger partial charge in [0, 0.05) is 6.92 Å². The maximum absolute atomic E-state index is 9.86. The van der Waals surface area contributed by atoms with E-state index in [1.54, 1.807) is 0 Å². The highest BCUT2D eigenvalue weighted by atomic mass is 35.5. The molecule has 0 heterocycles. The van der Waals surface area contributed by atoms with E-state index in [0.29, 0.717) is 0 Å². The molecule has 5 heteroatoms. The molecular formula is C4H7ClO4. The van der Waals surface area contributed by atoms with Gasteiger partial charge in [-0.05, 0) is 0 Å². The first-order valence-electron chi connectivity index (χ1n) is 1.98. The highest BCUT2D eigenvalue weighted by molar-refractivity contribution is 5.85. The molecule has 0 aliphatic heterocycles. The molecule has 9 heavy (non-hydrogen) atoms. The maximum Gasteiger partial charge on any atom is 0.341 e. The second kappa shape index (κ2) is 5.37. The van der Waals surface area contributed by atoms with Crippen LogP contribution in [-0.2, 0) is 14.3 Å². The lowest BCUT2D eigenvalue weighted by Crippen LogP contribution is -2.09. The number of esters is 1. The van der Waals surface area contributed by atoms with E-state index < -0.39 is 18.5 Å². The highest BCUT2D eigenvalue weighted by Gasteiger charge is 1.97. The summed E-state index contributed by atoms with van der Waals surface area (Å²) in [6.07, 6.45) is 0. The van der Waals surface area contributed by atoms with E-state index in [4.69, 9.17) is 5.11 Å². The summed E-state index contributed by atoms with van der Waals surface area (Å²) < 4.78 is 4.06. The highest BCUT2D eigenvalue weighted by Crippen LogP contribution is 1.73. The van der Waals surface area contributed by atoms with E-state index in [1.165, 1.54) is 0 Å². The molecule has 0 aliphatic rings. The third kappa shape index (κ3) is 11.1. The first kappa shape index (κ1) is 11.1. The number of hydrogen-bond acceptors (Lipinski definition) is 3. The molecule has 0 atom stereocenters. The van der Waals surface area contributed by atoms with E-state index in [9.17, 15) is 9.59 Å². The topological polar surface area (TPSA) is 63.6 Å². The molecule has 0 aliphatic carbocycles. The molecule has 54 valence electrons. The number of hydrogen-bond donors (Lipinski definition) is 1. The molecule has 0 amide bonds. The Morgan fingerprint density at radius 1 is 1.56 bits per heavy atom. The molecule has 0 rings (SSSR count). The Labute approximate surface area is 58.2 Å². The average molecular weight is 155 g/mol. The van der Waals surface area contributed by atoms with Gasteiger partial charge in [0.2, 0.25) is 0 Å². The van der Waals surface area contributed by atoms with Crippen LogP contribution in [0.2, 0.25) is 0 Å². The van der Waals surface area contributed by atoms with Crippen LogP contribution in [0.15, 0.2) is 0 Å². The zero-order valence-electron chi connectivity index (χ0n) is 4.79. The van der Waals surface area contributed by atoms with Gasteiger partial charge in [0.05, 0.1) is 0 Å². The van der Waals surface area contributed by atoms with Gasteiger partial charge in [-0.2, -0.15) is 0 Å². The molecule has 0 aromatic rings. The third-order valence-corrected chi connectivity index (χ3v) is 0.399. The Morgan fingerprint density at radius 3 is 2.11 bits per heavy atom. The first-order chi connectivity index (χ1) is 3.63. The summed E-state index contributed by atoms with van der Waals surface area (Å²) in [6, 6.07) is 0. The van der Waals surface area contributed by atoms with E-state index >= 15 is 0 Å². The van der Waals surface area contributed by atoms with Crippen LogP contribution in [0, 0.1) is 0 Å². The quantitative estimate of drug-likeness (QED) is 0.571. The predicted molar refractivity (Wildman–Crippen MR) is 31.5 cm³/mol. The van der Waals surface area contributed by atoms with Gasteiger partial charge in [-0.15, -0.1) is 12.4 Å². The molecule has 0 saturated carbocycles. The molecule has 0 aromatic carbocycles. The zero-order valence-corrected chi connectivity index (χ0v) is 5.60. The minimum absolute atomic E-state index is 0. The summed E-state index contributed by atoms with van der Waals surface area (Å²) >= 11 is 0. The fourth-order valence-electron chi connectivity index (χ4n) is 0.163. The molecule has 0 saturated heterocycles. The number of ether oxygens (including phenoxy) is 1. The SMILES string of the molecule is CC(=O)OCC(=O)O.Cl. The normalized spacial score (nSPS) is 7.22. The van der Waals surface area contributed by atoms with Crippen LogP contribution in [0.5, 0.6) is 0 Å². The maximum atomic E-state index is 9.86. The number of rotatable bonds is 2. The number of carboxylic acids is 1. The fourth-order valence-corrected chi connectivity index (χ4v) is 0.163. The average Bonchev–Trinajstić information content (AvgIpc) is 1.61. The number of carbonyl (C=O) groups excluding carboxylic acids is 1. The lowest BCUT2D eigenvalue weighted by molar-refractivity contribution is -0.153. The molecule has 0 unspecified atom stereocenters. The van der Waals surface area contributed by atoms with Crippen molar-refractivity contribution in [1.82, 2.24) is 0 Å². The zero-order chi connectivity index (χ0) is 6.57. The molecule has 0 radical (unpaired) electrons. The Bertz CT molecular complexity index is 97.1. The Hall–Kier alpha value is -0.770. The van der Waals surface area contributed by atoms with Crippen molar-refractivity contribution in [2.45, 2.75) is 6.92 Å². The largest absolute Gasteiger partial charge is 0.479 e. The van der Waals surface area contributed by atoms with Gasteiger partial charge in [0.1, 0.15) is 0 Å². The van der Waals surface area contributed by atoms with Gasteiger partial charge in [-0.1, -0.05) is 0 Å². The second-order valence-corrected chi connectivity index (χ2v) is 1.17. The molecule has 0 spiro atoms. The van der Waals surface area contributed by atoms with Crippen LogP contribution in [0.1, 0.15) is 6.92 Å². The van der Waals surface area contributed by atoms with Crippen molar-refractivity contribution in [1.29, 1.82) is 0 Å². The van der Waals surface area contributed by atoms with Gasteiger partial charge in [-0.25, -0.2) is 4.79 Å². The Morgan fingerprint density at radius 2 is 2.00 bits per heavy atom. The van der Waals surface area contributed by atoms with Crippen LogP contribution in [0.3, 0.4) is 0 Å². The summed E-state index contributed by atoms with van der Waals surface area (Å²) in [7, 11) is 0. The minimum atomic E-state index is -1.14. The van der Waals surface area contributed by atoms with Crippen LogP contribution in [0.4, 0.5) is 0 Å². The van der Waals surface area contributed by atoms with Crippen LogP contribution < -0.4 is 0 Å². The van der Waals surface area contributed by atoms with Crippen molar-refractivity contribution in [3.05, 3.63) is 0 Å². The number of halogens is 1. The van der Waals surface area contributed by atoms with Crippen LogP contribution in [-0.4, -0.2) is 23.7 Å². The van der Waals surface area contributed by atoms with Crippen molar-refractivity contribution < 1.29 is 19.4 Å². The summed E-state index contributed by atoms with van der Waals surface area (Å²) in [6.45, 7) is 0.609. The van der Waals surface area contributed by atoms with E-state index in [0.717, 1.165) is 6.92 Å². The third-order valence-electron chi connectivity index (χ3n) is 0.399. The van der Waals surface area contributed by atoms with Crippen molar-refractivity contribution >= 4 is 24.3 Å². The molecule has 0 bridgehead atoms. The smallest absolute Gasteiger partial charge is 0.341 e. The lowest BCUT2D eigenvalue weighted by Gasteiger charge is -1.92. The van der Waals surface area contributed by atoms with E-state index in [1.807, 2.05) is 0 Å². The summed E-state index contributed by atoms with van der Waals surface area (Å²) in [5.41, 5.74) is 0. The van der Waals surface area contributed by atoms with Crippen molar-refractivity contribution in [2.24, 2.45) is 0 Å². The second-order valence-electron chi connectivity index (χ2n) is 1.17. The number of carboxylic acid groups (broad SMARTS) is 1. The molecule has 1 N–H and O–H groups in total. The number of aliphatic carboxylic acids is 1. The van der Waals surface area contributed by atoms with Crippen molar-refractivity contribution in [3.63, 3.8) is 0 Å². The molecule has 0 fully saturated rings.